The van der Waals surface area contributed by atoms with E-state index in [1.54, 1.807) is 7.11 Å². The van der Waals surface area contributed by atoms with Gasteiger partial charge in [0.1, 0.15) is 11.7 Å². The van der Waals surface area contributed by atoms with Crippen LogP contribution in [-0.2, 0) is 16.9 Å². The van der Waals surface area contributed by atoms with Crippen molar-refractivity contribution in [3.63, 3.8) is 0 Å². The molecule has 2 aromatic heterocycles. The summed E-state index contributed by atoms with van der Waals surface area (Å²) >= 11 is 7.77. The predicted octanol–water partition coefficient (Wildman–Crippen LogP) is 3.14. The summed E-state index contributed by atoms with van der Waals surface area (Å²) in [6.45, 7) is 4.24. The number of halogens is 1. The molecule has 6 nitrogen and oxygen atoms in total. The Kier molecular flexibility index (Phi) is 4.92. The molecule has 1 saturated heterocycles. The van der Waals surface area contributed by atoms with Gasteiger partial charge in [-0.2, -0.15) is 0 Å². The Morgan fingerprint density at radius 3 is 2.92 bits per heavy atom. The van der Waals surface area contributed by atoms with E-state index in [1.165, 1.54) is 11.3 Å². The molecule has 0 unspecified atom stereocenters. The highest BCUT2D eigenvalue weighted by Crippen LogP contribution is 2.50. The van der Waals surface area contributed by atoms with Gasteiger partial charge in [0.05, 0.1) is 18.1 Å². The minimum absolute atomic E-state index is 0.329. The first kappa shape index (κ1) is 18.1. The molecule has 0 aromatic carbocycles. The van der Waals surface area contributed by atoms with Crippen LogP contribution in [0.2, 0.25) is 4.34 Å². The van der Waals surface area contributed by atoms with Gasteiger partial charge in [-0.05, 0) is 25.8 Å². The molecule has 4 rings (SSSR count). The van der Waals surface area contributed by atoms with E-state index in [9.17, 15) is 5.11 Å². The minimum Gasteiger partial charge on any atom is -0.467 e. The maximum Gasteiger partial charge on any atom is 0.316 e. The lowest BCUT2D eigenvalue weighted by Gasteiger charge is -2.47. The van der Waals surface area contributed by atoms with Crippen LogP contribution in [-0.4, -0.2) is 46.3 Å². The molecule has 3 atom stereocenters. The summed E-state index contributed by atoms with van der Waals surface area (Å²) < 4.78 is 11.9. The zero-order valence-corrected chi connectivity index (χ0v) is 16.4. The monoisotopic (exact) mass is 395 g/mol. The number of piperidine rings is 1. The van der Waals surface area contributed by atoms with E-state index < -0.39 is 6.10 Å². The molecule has 0 saturated carbocycles. The van der Waals surface area contributed by atoms with Crippen LogP contribution in [0.4, 0.5) is 0 Å². The first-order valence-electron chi connectivity index (χ1n) is 8.71. The fourth-order valence-electron chi connectivity index (χ4n) is 3.96. The number of aliphatic hydroxyl groups excluding tert-OH is 1. The molecule has 4 heterocycles. The summed E-state index contributed by atoms with van der Waals surface area (Å²) in [6.07, 6.45) is 4.80. The minimum atomic E-state index is -0.579. The van der Waals surface area contributed by atoms with Crippen molar-refractivity contribution < 1.29 is 14.6 Å². The lowest BCUT2D eigenvalue weighted by molar-refractivity contribution is -0.139. The summed E-state index contributed by atoms with van der Waals surface area (Å²) in [4.78, 5) is 11.9. The topological polar surface area (TPSA) is 67.7 Å². The molecule has 1 N–H and O–H groups in total. The molecule has 26 heavy (non-hydrogen) atoms. The van der Waals surface area contributed by atoms with E-state index in [4.69, 9.17) is 21.1 Å². The standard InChI is InChI=1S/C18H22ClN3O3S/c1-11-6-18(16-13(5-15(19)26-16)14(23)10-25-18)3-4-22(11)9-12-7-20-17(24-2)21-8-12/h5,7-8,11,14,23H,3-4,6,9-10H2,1-2H3/t11-,14-,18+/m0/s1. The van der Waals surface area contributed by atoms with Crippen LogP contribution in [0.25, 0.3) is 0 Å². The average Bonchev–Trinajstić information content (AvgIpc) is 3.05. The molecular formula is C18H22ClN3O3S. The lowest BCUT2D eigenvalue weighted by Crippen LogP contribution is -2.50. The number of rotatable bonds is 3. The number of likely N-dealkylation sites (tertiary alicyclic amines) is 1. The van der Waals surface area contributed by atoms with Crippen LogP contribution < -0.4 is 4.74 Å². The van der Waals surface area contributed by atoms with E-state index in [0.717, 1.165) is 41.9 Å². The average molecular weight is 396 g/mol. The lowest BCUT2D eigenvalue weighted by atomic mass is 9.81. The second-order valence-corrected chi connectivity index (χ2v) is 8.69. The van der Waals surface area contributed by atoms with E-state index in [2.05, 4.69) is 21.8 Å². The number of methoxy groups -OCH3 is 1. The number of fused-ring (bicyclic) bond motifs is 2. The Labute approximate surface area is 161 Å². The molecule has 0 aliphatic carbocycles. The molecular weight excluding hydrogens is 374 g/mol. The number of hydrogen-bond donors (Lipinski definition) is 1. The van der Waals surface area contributed by atoms with Crippen molar-refractivity contribution in [3.05, 3.63) is 38.8 Å². The zero-order chi connectivity index (χ0) is 18.3. The Morgan fingerprint density at radius 1 is 1.46 bits per heavy atom. The summed E-state index contributed by atoms with van der Waals surface area (Å²) in [6, 6.07) is 2.60. The number of aliphatic hydroxyl groups is 1. The maximum absolute atomic E-state index is 10.2. The highest BCUT2D eigenvalue weighted by atomic mass is 35.5. The molecule has 140 valence electrons. The van der Waals surface area contributed by atoms with Crippen LogP contribution in [0, 0.1) is 0 Å². The molecule has 0 bridgehead atoms. The van der Waals surface area contributed by atoms with Crippen LogP contribution >= 0.6 is 22.9 Å². The first-order valence-corrected chi connectivity index (χ1v) is 9.91. The molecule has 0 radical (unpaired) electrons. The molecule has 2 aromatic rings. The SMILES string of the molecule is COc1ncc(CN2CC[C@]3(C[C@@H]2C)OC[C@H](O)c2cc(Cl)sc23)cn1. The molecule has 1 spiro atoms. The van der Waals surface area contributed by atoms with Crippen LogP contribution in [0.3, 0.4) is 0 Å². The van der Waals surface area contributed by atoms with Gasteiger partial charge in [0.25, 0.3) is 0 Å². The van der Waals surface area contributed by atoms with Crippen molar-refractivity contribution in [1.82, 2.24) is 14.9 Å². The third kappa shape index (κ3) is 3.23. The molecule has 8 heteroatoms. The highest BCUT2D eigenvalue weighted by molar-refractivity contribution is 7.16. The van der Waals surface area contributed by atoms with Gasteiger partial charge in [-0.3, -0.25) is 4.90 Å². The molecule has 1 fully saturated rings. The third-order valence-corrected chi connectivity index (χ3v) is 6.79. The van der Waals surface area contributed by atoms with E-state index in [1.807, 2.05) is 18.5 Å². The van der Waals surface area contributed by atoms with Crippen molar-refractivity contribution >= 4 is 22.9 Å². The van der Waals surface area contributed by atoms with Crippen molar-refractivity contribution in [2.24, 2.45) is 0 Å². The van der Waals surface area contributed by atoms with Gasteiger partial charge in [-0.1, -0.05) is 11.6 Å². The normalized spacial score (nSPS) is 28.9. The fraction of sp³-hybridized carbons (Fsp3) is 0.556. The second-order valence-electron chi connectivity index (χ2n) is 7.01. The number of ether oxygens (including phenoxy) is 2. The smallest absolute Gasteiger partial charge is 0.316 e. The molecule has 2 aliphatic heterocycles. The van der Waals surface area contributed by atoms with E-state index >= 15 is 0 Å². The van der Waals surface area contributed by atoms with Crippen molar-refractivity contribution in [3.8, 4) is 6.01 Å². The van der Waals surface area contributed by atoms with Gasteiger partial charge in [0.15, 0.2) is 0 Å². The largest absolute Gasteiger partial charge is 0.467 e. The summed E-state index contributed by atoms with van der Waals surface area (Å²) in [5.41, 5.74) is 1.67. The summed E-state index contributed by atoms with van der Waals surface area (Å²) in [7, 11) is 1.56. The first-order chi connectivity index (χ1) is 12.5. The Bertz CT molecular complexity index is 784. The van der Waals surface area contributed by atoms with Crippen molar-refractivity contribution in [2.75, 3.05) is 20.3 Å². The number of thiophene rings is 1. The third-order valence-electron chi connectivity index (χ3n) is 5.32. The van der Waals surface area contributed by atoms with Crippen molar-refractivity contribution in [2.45, 2.75) is 44.1 Å². The summed E-state index contributed by atoms with van der Waals surface area (Å²) in [5, 5.41) is 10.2. The van der Waals surface area contributed by atoms with Gasteiger partial charge < -0.3 is 14.6 Å². The Hall–Kier alpha value is -1.25. The number of aromatic nitrogens is 2. The number of nitrogens with zero attached hydrogens (tertiary/aromatic N) is 3. The van der Waals surface area contributed by atoms with Gasteiger partial charge in [0, 0.05) is 47.5 Å². The fourth-order valence-corrected chi connectivity index (χ4v) is 5.43. The Morgan fingerprint density at radius 2 is 2.23 bits per heavy atom. The van der Waals surface area contributed by atoms with Crippen LogP contribution in [0.1, 0.15) is 41.9 Å². The van der Waals surface area contributed by atoms with E-state index in [0.29, 0.717) is 23.0 Å². The van der Waals surface area contributed by atoms with Crippen LogP contribution in [0.5, 0.6) is 6.01 Å². The van der Waals surface area contributed by atoms with Gasteiger partial charge >= 0.3 is 6.01 Å². The molecule has 0 amide bonds. The highest BCUT2D eigenvalue weighted by Gasteiger charge is 2.46. The zero-order valence-electron chi connectivity index (χ0n) is 14.8. The van der Waals surface area contributed by atoms with Crippen molar-refractivity contribution in [1.29, 1.82) is 0 Å². The second kappa shape index (κ2) is 7.05. The quantitative estimate of drug-likeness (QED) is 0.861. The molecule has 2 aliphatic rings. The van der Waals surface area contributed by atoms with Crippen LogP contribution in [0.15, 0.2) is 18.5 Å². The Balaban J connectivity index is 1.50. The van der Waals surface area contributed by atoms with E-state index in [-0.39, 0.29) is 5.60 Å². The predicted molar refractivity (Wildman–Crippen MR) is 99.6 cm³/mol. The van der Waals surface area contributed by atoms with Gasteiger partial charge in [-0.15, -0.1) is 11.3 Å². The maximum atomic E-state index is 10.2. The van der Waals surface area contributed by atoms with Gasteiger partial charge in [0.2, 0.25) is 0 Å². The van der Waals surface area contributed by atoms with Gasteiger partial charge in [-0.25, -0.2) is 9.97 Å². The number of hydrogen-bond acceptors (Lipinski definition) is 7. The summed E-state index contributed by atoms with van der Waals surface area (Å²) in [5.74, 6) is 0.